The Kier molecular flexibility index (Phi) is 4.70. The van der Waals surface area contributed by atoms with E-state index in [0.29, 0.717) is 0 Å². The van der Waals surface area contributed by atoms with Gasteiger partial charge in [0.1, 0.15) is 0 Å². The van der Waals surface area contributed by atoms with Crippen LogP contribution in [0, 0.1) is 6.92 Å². The van der Waals surface area contributed by atoms with E-state index in [2.05, 4.69) is 54.8 Å². The summed E-state index contributed by atoms with van der Waals surface area (Å²) in [6.07, 6.45) is 2.10. The van der Waals surface area contributed by atoms with Crippen LogP contribution in [0.3, 0.4) is 0 Å². The quantitative estimate of drug-likeness (QED) is 0.871. The van der Waals surface area contributed by atoms with Crippen LogP contribution in [0.1, 0.15) is 35.2 Å². The molecule has 0 unspecified atom stereocenters. The summed E-state index contributed by atoms with van der Waals surface area (Å²) in [5.41, 5.74) is 6.46. The summed E-state index contributed by atoms with van der Waals surface area (Å²) in [5, 5.41) is 7.92. The van der Waals surface area contributed by atoms with E-state index in [9.17, 15) is 0 Å². The molecule has 1 aliphatic rings. The van der Waals surface area contributed by atoms with Crippen LogP contribution >= 0.6 is 11.6 Å². The van der Waals surface area contributed by atoms with Gasteiger partial charge in [0.15, 0.2) is 0 Å². The number of benzene rings is 2. The summed E-state index contributed by atoms with van der Waals surface area (Å²) >= 11 is 6.49. The first-order valence-electron chi connectivity index (χ1n) is 7.99. The average Bonchev–Trinajstić information content (AvgIpc) is 2.76. The Morgan fingerprint density at radius 1 is 1.05 bits per heavy atom. The molecule has 0 saturated heterocycles. The molecule has 2 N–H and O–H groups in total. The van der Waals surface area contributed by atoms with Crippen LogP contribution in [0.25, 0.3) is 0 Å². The normalized spacial score (nSPS) is 15.8. The largest absolute Gasteiger partial charge is 0.377 e. The number of aryl methyl sites for hydroxylation is 1. The number of hydrogen-bond acceptors (Lipinski definition) is 2. The first-order valence-corrected chi connectivity index (χ1v) is 8.37. The number of halogens is 1. The molecule has 0 aliphatic carbocycles. The minimum Gasteiger partial charge on any atom is -0.377 e. The highest BCUT2D eigenvalue weighted by atomic mass is 35.5. The van der Waals surface area contributed by atoms with Crippen molar-refractivity contribution in [3.63, 3.8) is 0 Å². The van der Waals surface area contributed by atoms with Crippen molar-refractivity contribution in [1.29, 1.82) is 0 Å². The molecular weight excluding hydrogens is 292 g/mol. The van der Waals surface area contributed by atoms with E-state index in [1.54, 1.807) is 0 Å². The van der Waals surface area contributed by atoms with Gasteiger partial charge < -0.3 is 10.6 Å². The molecule has 0 aromatic heterocycles. The molecule has 0 spiro atoms. The van der Waals surface area contributed by atoms with Crippen molar-refractivity contribution >= 4 is 17.3 Å². The van der Waals surface area contributed by atoms with Crippen LogP contribution in [-0.2, 0) is 12.8 Å². The smallest absolute Gasteiger partial charge is 0.0640 e. The summed E-state index contributed by atoms with van der Waals surface area (Å²) < 4.78 is 0. The Balaban J connectivity index is 1.89. The van der Waals surface area contributed by atoms with Crippen molar-refractivity contribution in [1.82, 2.24) is 5.32 Å². The van der Waals surface area contributed by atoms with Gasteiger partial charge in [0.05, 0.1) is 10.7 Å². The maximum Gasteiger partial charge on any atom is 0.0640 e. The van der Waals surface area contributed by atoms with Crippen LogP contribution in [0.5, 0.6) is 0 Å². The van der Waals surface area contributed by atoms with E-state index >= 15 is 0 Å². The Hall–Kier alpha value is -1.51. The van der Waals surface area contributed by atoms with Gasteiger partial charge in [-0.25, -0.2) is 0 Å². The van der Waals surface area contributed by atoms with Crippen molar-refractivity contribution in [2.24, 2.45) is 0 Å². The SMILES string of the molecule is Cc1ccc([C@H](C)Nc2c(Cl)ccc3c2CCNCC3)cc1. The third kappa shape index (κ3) is 3.29. The first-order chi connectivity index (χ1) is 10.6. The van der Waals surface area contributed by atoms with E-state index in [0.717, 1.165) is 36.6 Å². The molecule has 22 heavy (non-hydrogen) atoms. The highest BCUT2D eigenvalue weighted by molar-refractivity contribution is 6.33. The van der Waals surface area contributed by atoms with Crippen molar-refractivity contribution in [3.8, 4) is 0 Å². The molecule has 1 atom stereocenters. The molecule has 1 aliphatic heterocycles. The van der Waals surface area contributed by atoms with E-state index in [-0.39, 0.29) is 6.04 Å². The second-order valence-corrected chi connectivity index (χ2v) is 6.49. The maximum atomic E-state index is 6.49. The fraction of sp³-hybridized carbons (Fsp3) is 0.368. The lowest BCUT2D eigenvalue weighted by molar-refractivity contribution is 0.711. The molecule has 3 heteroatoms. The molecule has 2 aromatic carbocycles. The summed E-state index contributed by atoms with van der Waals surface area (Å²) in [7, 11) is 0. The third-order valence-corrected chi connectivity index (χ3v) is 4.74. The monoisotopic (exact) mass is 314 g/mol. The van der Waals surface area contributed by atoms with Gasteiger partial charge in [-0.2, -0.15) is 0 Å². The summed E-state index contributed by atoms with van der Waals surface area (Å²) in [4.78, 5) is 0. The van der Waals surface area contributed by atoms with Gasteiger partial charge in [0, 0.05) is 6.04 Å². The van der Waals surface area contributed by atoms with Gasteiger partial charge in [0.25, 0.3) is 0 Å². The molecule has 0 amide bonds. The average molecular weight is 315 g/mol. The van der Waals surface area contributed by atoms with E-state index in [1.165, 1.54) is 22.3 Å². The molecule has 0 fully saturated rings. The molecule has 0 saturated carbocycles. The molecular formula is C19H23ClN2. The molecule has 116 valence electrons. The molecule has 0 radical (unpaired) electrons. The molecule has 3 rings (SSSR count). The van der Waals surface area contributed by atoms with Crippen molar-refractivity contribution in [3.05, 3.63) is 63.7 Å². The van der Waals surface area contributed by atoms with Crippen molar-refractivity contribution < 1.29 is 0 Å². The van der Waals surface area contributed by atoms with Gasteiger partial charge in [-0.15, -0.1) is 0 Å². The lowest BCUT2D eigenvalue weighted by Gasteiger charge is -2.21. The lowest BCUT2D eigenvalue weighted by Crippen LogP contribution is -2.16. The maximum absolute atomic E-state index is 6.49. The fourth-order valence-electron chi connectivity index (χ4n) is 3.05. The van der Waals surface area contributed by atoms with Crippen LogP contribution in [0.15, 0.2) is 36.4 Å². The fourth-order valence-corrected chi connectivity index (χ4v) is 3.29. The highest BCUT2D eigenvalue weighted by Gasteiger charge is 2.16. The number of fused-ring (bicyclic) bond motifs is 1. The number of hydrogen-bond donors (Lipinski definition) is 2. The Morgan fingerprint density at radius 3 is 2.55 bits per heavy atom. The van der Waals surface area contributed by atoms with Gasteiger partial charge in [-0.1, -0.05) is 47.5 Å². The number of nitrogens with one attached hydrogen (secondary N) is 2. The Morgan fingerprint density at radius 2 is 1.77 bits per heavy atom. The summed E-state index contributed by atoms with van der Waals surface area (Å²) in [5.74, 6) is 0. The summed E-state index contributed by atoms with van der Waals surface area (Å²) in [6.45, 7) is 6.36. The Bertz CT molecular complexity index is 649. The standard InChI is InChI=1S/C19H23ClN2/c1-13-3-5-15(6-4-13)14(2)22-19-17-10-12-21-11-9-16(17)7-8-18(19)20/h3-8,14,21-22H,9-12H2,1-2H3/t14-/m0/s1. The van der Waals surface area contributed by atoms with Crippen LogP contribution in [-0.4, -0.2) is 13.1 Å². The van der Waals surface area contributed by atoms with E-state index < -0.39 is 0 Å². The second kappa shape index (κ2) is 6.72. The first kappa shape index (κ1) is 15.4. The predicted octanol–water partition coefficient (Wildman–Crippen LogP) is 4.51. The van der Waals surface area contributed by atoms with Crippen molar-refractivity contribution in [2.75, 3.05) is 18.4 Å². The Labute approximate surface area is 137 Å². The number of rotatable bonds is 3. The zero-order valence-corrected chi connectivity index (χ0v) is 14.0. The van der Waals surface area contributed by atoms with Gasteiger partial charge in [-0.3, -0.25) is 0 Å². The van der Waals surface area contributed by atoms with Gasteiger partial charge in [0.2, 0.25) is 0 Å². The van der Waals surface area contributed by atoms with Gasteiger partial charge in [-0.05, 0) is 62.5 Å². The zero-order chi connectivity index (χ0) is 15.5. The molecule has 2 aromatic rings. The third-order valence-electron chi connectivity index (χ3n) is 4.42. The molecule has 0 bridgehead atoms. The predicted molar refractivity (Wildman–Crippen MR) is 94.9 cm³/mol. The van der Waals surface area contributed by atoms with Crippen molar-refractivity contribution in [2.45, 2.75) is 32.7 Å². The minimum absolute atomic E-state index is 0.237. The van der Waals surface area contributed by atoms with E-state index in [4.69, 9.17) is 11.6 Å². The minimum atomic E-state index is 0.237. The topological polar surface area (TPSA) is 24.1 Å². The molecule has 1 heterocycles. The number of anilines is 1. The lowest BCUT2D eigenvalue weighted by atomic mass is 9.99. The van der Waals surface area contributed by atoms with Gasteiger partial charge >= 0.3 is 0 Å². The van der Waals surface area contributed by atoms with Crippen LogP contribution < -0.4 is 10.6 Å². The zero-order valence-electron chi connectivity index (χ0n) is 13.2. The van der Waals surface area contributed by atoms with E-state index in [1.807, 2.05) is 6.07 Å². The second-order valence-electron chi connectivity index (χ2n) is 6.09. The van der Waals surface area contributed by atoms with Crippen LogP contribution in [0.2, 0.25) is 5.02 Å². The molecule has 2 nitrogen and oxygen atoms in total. The van der Waals surface area contributed by atoms with Crippen LogP contribution in [0.4, 0.5) is 5.69 Å². The summed E-state index contributed by atoms with van der Waals surface area (Å²) in [6, 6.07) is 13.1. The highest BCUT2D eigenvalue weighted by Crippen LogP contribution is 2.33.